The lowest BCUT2D eigenvalue weighted by molar-refractivity contribution is -0.129. The zero-order valence-electron chi connectivity index (χ0n) is 13.2. The lowest BCUT2D eigenvalue weighted by Crippen LogP contribution is -2.34. The van der Waals surface area contributed by atoms with Crippen molar-refractivity contribution < 1.29 is 9.59 Å². The van der Waals surface area contributed by atoms with E-state index in [1.54, 1.807) is 18.3 Å². The van der Waals surface area contributed by atoms with Crippen LogP contribution >= 0.6 is 11.3 Å². The molecule has 5 heteroatoms. The number of amides is 2. The van der Waals surface area contributed by atoms with Crippen molar-refractivity contribution >= 4 is 23.2 Å². The fourth-order valence-corrected chi connectivity index (χ4v) is 4.46. The second-order valence-corrected chi connectivity index (χ2v) is 7.55. The summed E-state index contributed by atoms with van der Waals surface area (Å²) in [6.07, 6.45) is 8.11. The van der Waals surface area contributed by atoms with Gasteiger partial charge in [0.15, 0.2) is 0 Å². The third-order valence-electron chi connectivity index (χ3n) is 4.73. The molecular formula is C17H24N2O2S. The number of hydrogen-bond acceptors (Lipinski definition) is 3. The third kappa shape index (κ3) is 3.51. The van der Waals surface area contributed by atoms with E-state index in [2.05, 4.69) is 5.32 Å². The highest BCUT2D eigenvalue weighted by Crippen LogP contribution is 2.28. The van der Waals surface area contributed by atoms with Gasteiger partial charge in [0, 0.05) is 30.9 Å². The first-order valence-corrected chi connectivity index (χ1v) is 9.13. The highest BCUT2D eigenvalue weighted by Gasteiger charge is 2.23. The van der Waals surface area contributed by atoms with Crippen molar-refractivity contribution in [3.63, 3.8) is 0 Å². The van der Waals surface area contributed by atoms with Crippen LogP contribution in [0.4, 0.5) is 0 Å². The van der Waals surface area contributed by atoms with Gasteiger partial charge >= 0.3 is 0 Å². The molecule has 2 amide bonds. The Balaban J connectivity index is 1.65. The van der Waals surface area contributed by atoms with Crippen molar-refractivity contribution in [3.8, 4) is 0 Å². The molecule has 22 heavy (non-hydrogen) atoms. The zero-order valence-corrected chi connectivity index (χ0v) is 14.0. The normalized spacial score (nSPS) is 19.4. The van der Waals surface area contributed by atoms with Crippen LogP contribution in [0, 0.1) is 0 Å². The Morgan fingerprint density at radius 3 is 2.64 bits per heavy atom. The zero-order chi connectivity index (χ0) is 15.5. The molecule has 4 nitrogen and oxygen atoms in total. The van der Waals surface area contributed by atoms with Gasteiger partial charge in [-0.2, -0.15) is 0 Å². The van der Waals surface area contributed by atoms with Crippen LogP contribution in [0.1, 0.15) is 65.6 Å². The molecule has 120 valence electrons. The minimum absolute atomic E-state index is 0.0701. The molecule has 3 rings (SSSR count). The fraction of sp³-hybridized carbons (Fsp3) is 0.647. The van der Waals surface area contributed by atoms with E-state index < -0.39 is 0 Å². The van der Waals surface area contributed by atoms with Crippen LogP contribution in [0.2, 0.25) is 0 Å². The number of thiophene rings is 1. The summed E-state index contributed by atoms with van der Waals surface area (Å²) in [6, 6.07) is 2.32. The molecule has 1 fully saturated rings. The van der Waals surface area contributed by atoms with Crippen LogP contribution in [0.5, 0.6) is 0 Å². The van der Waals surface area contributed by atoms with Gasteiger partial charge < -0.3 is 10.2 Å². The van der Waals surface area contributed by atoms with Gasteiger partial charge in [0.25, 0.3) is 5.91 Å². The SMILES string of the molecule is CC(=O)N1CCc2sc(C(=O)NC3CCCCCC3)cc2C1. The average Bonchev–Trinajstić information content (AvgIpc) is 2.77. The molecule has 1 aliphatic carbocycles. The molecule has 1 aromatic rings. The highest BCUT2D eigenvalue weighted by molar-refractivity contribution is 7.14. The van der Waals surface area contributed by atoms with Gasteiger partial charge in [-0.25, -0.2) is 0 Å². The van der Waals surface area contributed by atoms with Gasteiger partial charge in [0.1, 0.15) is 0 Å². The Labute approximate surface area is 135 Å². The largest absolute Gasteiger partial charge is 0.349 e. The van der Waals surface area contributed by atoms with Gasteiger partial charge in [-0.1, -0.05) is 25.7 Å². The number of carbonyl (C=O) groups excluding carboxylic acids is 2. The van der Waals surface area contributed by atoms with Gasteiger partial charge in [-0.15, -0.1) is 11.3 Å². The number of hydrogen-bond donors (Lipinski definition) is 1. The smallest absolute Gasteiger partial charge is 0.261 e. The Morgan fingerprint density at radius 1 is 1.23 bits per heavy atom. The van der Waals surface area contributed by atoms with Gasteiger partial charge in [0.05, 0.1) is 4.88 Å². The minimum Gasteiger partial charge on any atom is -0.349 e. The number of rotatable bonds is 2. The first-order valence-electron chi connectivity index (χ1n) is 8.31. The summed E-state index contributed by atoms with van der Waals surface area (Å²) in [5.74, 6) is 0.182. The van der Waals surface area contributed by atoms with Gasteiger partial charge in [-0.3, -0.25) is 9.59 Å². The third-order valence-corrected chi connectivity index (χ3v) is 5.96. The lowest BCUT2D eigenvalue weighted by atomic mass is 10.1. The predicted molar refractivity (Wildman–Crippen MR) is 88.1 cm³/mol. The first-order chi connectivity index (χ1) is 10.6. The van der Waals surface area contributed by atoms with Crippen LogP contribution in [-0.4, -0.2) is 29.3 Å². The summed E-state index contributed by atoms with van der Waals surface area (Å²) < 4.78 is 0. The van der Waals surface area contributed by atoms with Crippen LogP contribution in [0.3, 0.4) is 0 Å². The maximum atomic E-state index is 12.5. The van der Waals surface area contributed by atoms with E-state index in [0.29, 0.717) is 12.6 Å². The Bertz CT molecular complexity index is 559. The van der Waals surface area contributed by atoms with Crippen molar-refractivity contribution in [2.45, 2.75) is 64.5 Å². The Hall–Kier alpha value is -1.36. The first kappa shape index (κ1) is 15.5. The summed E-state index contributed by atoms with van der Waals surface area (Å²) in [5, 5.41) is 3.21. The van der Waals surface area contributed by atoms with Crippen molar-refractivity contribution in [2.75, 3.05) is 6.54 Å². The summed E-state index contributed by atoms with van der Waals surface area (Å²) in [7, 11) is 0. The number of fused-ring (bicyclic) bond motifs is 1. The number of carbonyl (C=O) groups is 2. The van der Waals surface area contributed by atoms with E-state index in [9.17, 15) is 9.59 Å². The maximum Gasteiger partial charge on any atom is 0.261 e. The highest BCUT2D eigenvalue weighted by atomic mass is 32.1. The van der Waals surface area contributed by atoms with E-state index in [4.69, 9.17) is 0 Å². The number of nitrogens with zero attached hydrogens (tertiary/aromatic N) is 1. The van der Waals surface area contributed by atoms with Crippen molar-refractivity contribution in [1.29, 1.82) is 0 Å². The molecule has 0 saturated heterocycles. The Morgan fingerprint density at radius 2 is 1.95 bits per heavy atom. The van der Waals surface area contributed by atoms with Crippen LogP contribution in [0.15, 0.2) is 6.07 Å². The van der Waals surface area contributed by atoms with Gasteiger partial charge in [0.2, 0.25) is 5.91 Å². The molecule has 0 aromatic carbocycles. The van der Waals surface area contributed by atoms with Crippen LogP contribution in [-0.2, 0) is 17.8 Å². The fourth-order valence-electron chi connectivity index (χ4n) is 3.39. The minimum atomic E-state index is 0.0701. The van der Waals surface area contributed by atoms with E-state index in [1.165, 1.54) is 30.6 Å². The number of nitrogens with one attached hydrogen (secondary N) is 1. The second-order valence-electron chi connectivity index (χ2n) is 6.41. The van der Waals surface area contributed by atoms with Crippen molar-refractivity contribution in [1.82, 2.24) is 10.2 Å². The molecule has 0 spiro atoms. The molecule has 0 unspecified atom stereocenters. The molecule has 1 aromatic heterocycles. The van der Waals surface area contributed by atoms with E-state index >= 15 is 0 Å². The topological polar surface area (TPSA) is 49.4 Å². The van der Waals surface area contributed by atoms with Crippen molar-refractivity contribution in [2.24, 2.45) is 0 Å². The molecule has 2 heterocycles. The maximum absolute atomic E-state index is 12.5. The monoisotopic (exact) mass is 320 g/mol. The predicted octanol–water partition coefficient (Wildman–Crippen LogP) is 3.11. The van der Waals surface area contributed by atoms with Crippen LogP contribution in [0.25, 0.3) is 0 Å². The molecule has 1 N–H and O–H groups in total. The molecule has 0 radical (unpaired) electrons. The van der Waals surface area contributed by atoms with E-state index in [1.807, 2.05) is 11.0 Å². The molecule has 2 aliphatic rings. The summed E-state index contributed by atoms with van der Waals surface area (Å²) >= 11 is 1.60. The summed E-state index contributed by atoms with van der Waals surface area (Å²) in [6.45, 7) is 3.03. The Kier molecular flexibility index (Phi) is 4.81. The standard InChI is InChI=1S/C17H24N2O2S/c1-12(20)19-9-8-15-13(11-19)10-16(22-15)17(21)18-14-6-4-2-3-5-7-14/h10,14H,2-9,11H2,1H3,(H,18,21). The molecule has 1 saturated carbocycles. The molecule has 0 bridgehead atoms. The average molecular weight is 320 g/mol. The molecular weight excluding hydrogens is 296 g/mol. The molecule has 1 aliphatic heterocycles. The lowest BCUT2D eigenvalue weighted by Gasteiger charge is -2.25. The molecule has 0 atom stereocenters. The second kappa shape index (κ2) is 6.82. The quantitative estimate of drug-likeness (QED) is 0.851. The summed E-state index contributed by atoms with van der Waals surface area (Å²) in [4.78, 5) is 27.9. The summed E-state index contributed by atoms with van der Waals surface area (Å²) in [5.41, 5.74) is 1.15. The van der Waals surface area contributed by atoms with Crippen molar-refractivity contribution in [3.05, 3.63) is 21.4 Å². The van der Waals surface area contributed by atoms with Crippen LogP contribution < -0.4 is 5.32 Å². The van der Waals surface area contributed by atoms with E-state index in [0.717, 1.165) is 36.2 Å². The van der Waals surface area contributed by atoms with Gasteiger partial charge in [-0.05, 0) is 30.9 Å². The van der Waals surface area contributed by atoms with E-state index in [-0.39, 0.29) is 11.8 Å².